The highest BCUT2D eigenvalue weighted by Gasteiger charge is 2.23. The number of rotatable bonds is 5. The molecule has 0 spiro atoms. The molecule has 138 valence electrons. The summed E-state index contributed by atoms with van der Waals surface area (Å²) in [7, 11) is 0. The Morgan fingerprint density at radius 1 is 0.800 bits per heavy atom. The molecule has 3 aliphatic rings. The third-order valence-corrected chi connectivity index (χ3v) is 6.05. The lowest BCUT2D eigenvalue weighted by atomic mass is 9.96. The topological polar surface area (TPSA) is 35.5 Å². The Balaban J connectivity index is 1.28. The van der Waals surface area contributed by atoms with Crippen molar-refractivity contribution in [3.05, 3.63) is 18.0 Å². The summed E-state index contributed by atoms with van der Waals surface area (Å²) >= 11 is 0. The van der Waals surface area contributed by atoms with E-state index in [1.54, 1.807) is 0 Å². The SMILES string of the molecule is c1nc(N2CCCC2)ncc1CN1CCC[C@H](CN2CCCCC2)C1. The van der Waals surface area contributed by atoms with Crippen LogP contribution in [0.5, 0.6) is 0 Å². The maximum absolute atomic E-state index is 4.62. The summed E-state index contributed by atoms with van der Waals surface area (Å²) in [5, 5.41) is 0. The average Bonchev–Trinajstić information content (AvgIpc) is 3.18. The van der Waals surface area contributed by atoms with Gasteiger partial charge in [0, 0.05) is 50.7 Å². The highest BCUT2D eigenvalue weighted by Crippen LogP contribution is 2.21. The molecule has 3 fully saturated rings. The summed E-state index contributed by atoms with van der Waals surface area (Å²) in [6.07, 6.45) is 13.6. The van der Waals surface area contributed by atoms with Crippen molar-refractivity contribution in [2.24, 2.45) is 5.92 Å². The molecule has 3 saturated heterocycles. The standard InChI is InChI=1S/C20H33N5/c1-2-8-23(9-3-1)15-18-7-6-10-24(16-18)17-19-13-21-20(22-14-19)25-11-4-5-12-25/h13-14,18H,1-12,15-17H2/t18-/m1/s1. The molecule has 1 atom stereocenters. The van der Waals surface area contributed by atoms with Crippen molar-refractivity contribution >= 4 is 5.95 Å². The Kier molecular flexibility index (Phi) is 5.83. The van der Waals surface area contributed by atoms with Gasteiger partial charge in [0.2, 0.25) is 5.95 Å². The van der Waals surface area contributed by atoms with Gasteiger partial charge in [0.25, 0.3) is 0 Å². The number of nitrogens with zero attached hydrogens (tertiary/aromatic N) is 5. The molecular formula is C20H33N5. The Morgan fingerprint density at radius 3 is 2.24 bits per heavy atom. The van der Waals surface area contributed by atoms with E-state index in [0.717, 1.165) is 31.5 Å². The molecule has 0 saturated carbocycles. The molecule has 0 N–H and O–H groups in total. The molecule has 4 heterocycles. The Morgan fingerprint density at radius 2 is 1.48 bits per heavy atom. The van der Waals surface area contributed by atoms with Gasteiger partial charge < -0.3 is 9.80 Å². The molecule has 5 heteroatoms. The van der Waals surface area contributed by atoms with Crippen LogP contribution in [0, 0.1) is 5.92 Å². The number of aromatic nitrogens is 2. The molecule has 0 aromatic carbocycles. The molecule has 0 amide bonds. The van der Waals surface area contributed by atoms with Gasteiger partial charge in [-0.15, -0.1) is 0 Å². The van der Waals surface area contributed by atoms with Gasteiger partial charge in [-0.2, -0.15) is 0 Å². The first-order valence-electron chi connectivity index (χ1n) is 10.4. The zero-order valence-corrected chi connectivity index (χ0v) is 15.6. The van der Waals surface area contributed by atoms with E-state index in [0.29, 0.717) is 0 Å². The average molecular weight is 344 g/mol. The van der Waals surface area contributed by atoms with Crippen LogP contribution in [0.3, 0.4) is 0 Å². The van der Waals surface area contributed by atoms with E-state index in [4.69, 9.17) is 0 Å². The number of piperidine rings is 2. The highest BCUT2D eigenvalue weighted by molar-refractivity contribution is 5.30. The van der Waals surface area contributed by atoms with E-state index in [-0.39, 0.29) is 0 Å². The van der Waals surface area contributed by atoms with Gasteiger partial charge in [0.05, 0.1) is 0 Å². The second-order valence-electron chi connectivity index (χ2n) is 8.19. The summed E-state index contributed by atoms with van der Waals surface area (Å²) in [6.45, 7) is 9.66. The fourth-order valence-corrected chi connectivity index (χ4v) is 4.72. The van der Waals surface area contributed by atoms with Crippen LogP contribution < -0.4 is 4.90 Å². The lowest BCUT2D eigenvalue weighted by Crippen LogP contribution is -2.42. The van der Waals surface area contributed by atoms with Crippen LogP contribution in [0.1, 0.15) is 50.5 Å². The summed E-state index contributed by atoms with van der Waals surface area (Å²) < 4.78 is 0. The fraction of sp³-hybridized carbons (Fsp3) is 0.800. The van der Waals surface area contributed by atoms with E-state index in [2.05, 4.69) is 37.1 Å². The van der Waals surface area contributed by atoms with Crippen LogP contribution >= 0.6 is 0 Å². The van der Waals surface area contributed by atoms with Crippen LogP contribution in [-0.2, 0) is 6.54 Å². The van der Waals surface area contributed by atoms with Crippen molar-refractivity contribution in [2.75, 3.05) is 50.7 Å². The molecule has 0 aliphatic carbocycles. The number of likely N-dealkylation sites (tertiary alicyclic amines) is 2. The Bertz CT molecular complexity index is 519. The third kappa shape index (κ3) is 4.70. The van der Waals surface area contributed by atoms with E-state index in [9.17, 15) is 0 Å². The van der Waals surface area contributed by atoms with Gasteiger partial charge in [-0.3, -0.25) is 4.90 Å². The molecule has 1 aromatic heterocycles. The summed E-state index contributed by atoms with van der Waals surface area (Å²) in [5.41, 5.74) is 1.27. The quantitative estimate of drug-likeness (QED) is 0.821. The molecule has 3 aliphatic heterocycles. The zero-order chi connectivity index (χ0) is 16.9. The molecule has 4 rings (SSSR count). The van der Waals surface area contributed by atoms with Gasteiger partial charge in [-0.25, -0.2) is 9.97 Å². The predicted molar refractivity (Wildman–Crippen MR) is 102 cm³/mol. The summed E-state index contributed by atoms with van der Waals surface area (Å²) in [4.78, 5) is 16.9. The molecule has 0 radical (unpaired) electrons. The van der Waals surface area contributed by atoms with Crippen LogP contribution in [-0.4, -0.2) is 65.6 Å². The van der Waals surface area contributed by atoms with Gasteiger partial charge in [-0.1, -0.05) is 6.42 Å². The maximum Gasteiger partial charge on any atom is 0.225 e. The lowest BCUT2D eigenvalue weighted by molar-refractivity contribution is 0.118. The largest absolute Gasteiger partial charge is 0.341 e. The minimum absolute atomic E-state index is 0.844. The first-order valence-corrected chi connectivity index (χ1v) is 10.4. The molecule has 25 heavy (non-hydrogen) atoms. The summed E-state index contributed by atoms with van der Waals surface area (Å²) in [5.74, 6) is 1.76. The van der Waals surface area contributed by atoms with E-state index in [1.807, 2.05) is 0 Å². The normalized spacial score (nSPS) is 26.2. The first-order chi connectivity index (χ1) is 12.4. The Labute approximate surface area is 152 Å². The number of hydrogen-bond acceptors (Lipinski definition) is 5. The molecule has 5 nitrogen and oxygen atoms in total. The van der Waals surface area contributed by atoms with Gasteiger partial charge in [0.1, 0.15) is 0 Å². The van der Waals surface area contributed by atoms with Crippen molar-refractivity contribution in [3.63, 3.8) is 0 Å². The monoisotopic (exact) mass is 343 g/mol. The van der Waals surface area contributed by atoms with Crippen molar-refractivity contribution < 1.29 is 0 Å². The second-order valence-corrected chi connectivity index (χ2v) is 8.19. The van der Waals surface area contributed by atoms with Crippen LogP contribution in [0.15, 0.2) is 12.4 Å². The number of hydrogen-bond donors (Lipinski definition) is 0. The van der Waals surface area contributed by atoms with Gasteiger partial charge in [-0.05, 0) is 64.1 Å². The Hall–Kier alpha value is -1.20. The van der Waals surface area contributed by atoms with Crippen LogP contribution in [0.4, 0.5) is 5.95 Å². The summed E-state index contributed by atoms with van der Waals surface area (Å²) in [6, 6.07) is 0. The van der Waals surface area contributed by atoms with Crippen LogP contribution in [0.25, 0.3) is 0 Å². The minimum atomic E-state index is 0.844. The highest BCUT2D eigenvalue weighted by atomic mass is 15.3. The number of anilines is 1. The lowest BCUT2D eigenvalue weighted by Gasteiger charge is -2.36. The van der Waals surface area contributed by atoms with E-state index < -0.39 is 0 Å². The van der Waals surface area contributed by atoms with Gasteiger partial charge >= 0.3 is 0 Å². The molecule has 0 unspecified atom stereocenters. The van der Waals surface area contributed by atoms with Crippen LogP contribution in [0.2, 0.25) is 0 Å². The predicted octanol–water partition coefficient (Wildman–Crippen LogP) is 2.77. The van der Waals surface area contributed by atoms with Crippen molar-refractivity contribution in [1.29, 1.82) is 0 Å². The van der Waals surface area contributed by atoms with Crippen molar-refractivity contribution in [2.45, 2.75) is 51.5 Å². The van der Waals surface area contributed by atoms with Crippen molar-refractivity contribution in [3.8, 4) is 0 Å². The fourth-order valence-electron chi connectivity index (χ4n) is 4.72. The van der Waals surface area contributed by atoms with E-state index in [1.165, 1.54) is 83.2 Å². The molecule has 1 aromatic rings. The maximum atomic E-state index is 4.62. The molecule has 0 bridgehead atoms. The molecular weight excluding hydrogens is 310 g/mol. The van der Waals surface area contributed by atoms with Crippen molar-refractivity contribution in [1.82, 2.24) is 19.8 Å². The second kappa shape index (κ2) is 8.45. The third-order valence-electron chi connectivity index (χ3n) is 6.05. The zero-order valence-electron chi connectivity index (χ0n) is 15.6. The first kappa shape index (κ1) is 17.2. The minimum Gasteiger partial charge on any atom is -0.341 e. The van der Waals surface area contributed by atoms with Gasteiger partial charge in [0.15, 0.2) is 0 Å². The van der Waals surface area contributed by atoms with E-state index >= 15 is 0 Å². The smallest absolute Gasteiger partial charge is 0.225 e.